The van der Waals surface area contributed by atoms with Gasteiger partial charge in [0.25, 0.3) is 0 Å². The number of fused-ring (bicyclic) bond motifs is 1. The normalized spacial score (nSPS) is 28.4. The molecule has 0 radical (unpaired) electrons. The third-order valence-corrected chi connectivity index (χ3v) is 6.27. The molecule has 0 bridgehead atoms. The third kappa shape index (κ3) is 2.83. The summed E-state index contributed by atoms with van der Waals surface area (Å²) in [5.41, 5.74) is 2.53. The number of para-hydroxylation sites is 1. The SMILES string of the molecule is CC1=C[C@@H](N2C(=O)OC[C@H]2c2ccccc2)[C@H]2C(=O)N(c3ccccc3)C(=O)[C@H]2C1. The number of hydrogen-bond acceptors (Lipinski definition) is 4. The van der Waals surface area contributed by atoms with E-state index in [4.69, 9.17) is 4.74 Å². The van der Waals surface area contributed by atoms with Crippen LogP contribution in [0.2, 0.25) is 0 Å². The van der Waals surface area contributed by atoms with Crippen molar-refractivity contribution >= 4 is 23.6 Å². The molecule has 6 nitrogen and oxygen atoms in total. The minimum absolute atomic E-state index is 0.197. The summed E-state index contributed by atoms with van der Waals surface area (Å²) in [6.07, 6.45) is 2.04. The maximum absolute atomic E-state index is 13.5. The van der Waals surface area contributed by atoms with E-state index < -0.39 is 24.0 Å². The molecule has 2 fully saturated rings. The Morgan fingerprint density at radius 3 is 2.27 bits per heavy atom. The summed E-state index contributed by atoms with van der Waals surface area (Å²) in [7, 11) is 0. The van der Waals surface area contributed by atoms with E-state index in [0.29, 0.717) is 12.1 Å². The summed E-state index contributed by atoms with van der Waals surface area (Å²) < 4.78 is 5.39. The summed E-state index contributed by atoms with van der Waals surface area (Å²) in [5, 5.41) is 0. The zero-order valence-electron chi connectivity index (χ0n) is 16.6. The zero-order valence-corrected chi connectivity index (χ0v) is 16.6. The van der Waals surface area contributed by atoms with Gasteiger partial charge in [-0.05, 0) is 31.0 Å². The number of imide groups is 1. The summed E-state index contributed by atoms with van der Waals surface area (Å²) >= 11 is 0. The van der Waals surface area contributed by atoms with E-state index in [1.165, 1.54) is 4.90 Å². The van der Waals surface area contributed by atoms with Crippen LogP contribution in [-0.4, -0.2) is 35.5 Å². The van der Waals surface area contributed by atoms with E-state index in [2.05, 4.69) is 0 Å². The highest BCUT2D eigenvalue weighted by Gasteiger charge is 2.56. The largest absolute Gasteiger partial charge is 0.447 e. The number of ether oxygens (including phenoxy) is 1. The summed E-state index contributed by atoms with van der Waals surface area (Å²) in [6.45, 7) is 2.18. The highest BCUT2D eigenvalue weighted by Crippen LogP contribution is 2.44. The summed E-state index contributed by atoms with van der Waals surface area (Å²) in [6, 6.07) is 17.8. The van der Waals surface area contributed by atoms with Crippen LogP contribution in [0, 0.1) is 11.8 Å². The minimum atomic E-state index is -0.613. The molecular weight excluding hydrogens is 380 g/mol. The van der Waals surface area contributed by atoms with Gasteiger partial charge in [0.05, 0.1) is 29.6 Å². The van der Waals surface area contributed by atoms with Crippen LogP contribution in [0.25, 0.3) is 0 Å². The number of hydrogen-bond donors (Lipinski definition) is 0. The van der Waals surface area contributed by atoms with Crippen molar-refractivity contribution in [3.05, 3.63) is 77.9 Å². The summed E-state index contributed by atoms with van der Waals surface area (Å²) in [5.74, 6) is -1.54. The lowest BCUT2D eigenvalue weighted by Crippen LogP contribution is -2.47. The van der Waals surface area contributed by atoms with Gasteiger partial charge >= 0.3 is 6.09 Å². The maximum atomic E-state index is 13.5. The Bertz CT molecular complexity index is 1030. The van der Waals surface area contributed by atoms with Gasteiger partial charge in [-0.1, -0.05) is 60.2 Å². The molecule has 3 aliphatic rings. The van der Waals surface area contributed by atoms with Crippen LogP contribution in [0.1, 0.15) is 24.9 Å². The molecule has 2 aromatic carbocycles. The Labute approximate surface area is 174 Å². The van der Waals surface area contributed by atoms with Crippen molar-refractivity contribution in [1.29, 1.82) is 0 Å². The van der Waals surface area contributed by atoms with Gasteiger partial charge in [0, 0.05) is 0 Å². The van der Waals surface area contributed by atoms with Gasteiger partial charge in [-0.3, -0.25) is 14.5 Å². The molecule has 3 amide bonds. The topological polar surface area (TPSA) is 66.9 Å². The van der Waals surface area contributed by atoms with Crippen LogP contribution in [0.15, 0.2) is 72.3 Å². The molecule has 30 heavy (non-hydrogen) atoms. The third-order valence-electron chi connectivity index (χ3n) is 6.27. The van der Waals surface area contributed by atoms with E-state index in [1.807, 2.05) is 61.5 Å². The number of benzene rings is 2. The number of carbonyl (C=O) groups is 3. The standard InChI is InChI=1S/C24H22N2O4/c1-15-12-18-21(23(28)25(22(18)27)17-10-6-3-7-11-17)19(13-15)26-20(14-30-24(26)29)16-8-4-2-5-9-16/h2-11,13,18-21H,12,14H2,1H3/t18-,19+,20-,21-/m0/s1. The first kappa shape index (κ1) is 18.6. The Morgan fingerprint density at radius 2 is 1.57 bits per heavy atom. The van der Waals surface area contributed by atoms with Crippen LogP contribution in [0.5, 0.6) is 0 Å². The second-order valence-corrected chi connectivity index (χ2v) is 8.10. The van der Waals surface area contributed by atoms with Crippen molar-refractivity contribution in [3.8, 4) is 0 Å². The van der Waals surface area contributed by atoms with Crippen LogP contribution in [0.3, 0.4) is 0 Å². The molecule has 2 heterocycles. The second-order valence-electron chi connectivity index (χ2n) is 8.10. The average Bonchev–Trinajstić information content (AvgIpc) is 3.26. The second kappa shape index (κ2) is 7.13. The summed E-state index contributed by atoms with van der Waals surface area (Å²) in [4.78, 5) is 42.4. The monoisotopic (exact) mass is 402 g/mol. The number of cyclic esters (lactones) is 1. The Balaban J connectivity index is 1.55. The molecule has 0 unspecified atom stereocenters. The fraction of sp³-hybridized carbons (Fsp3) is 0.292. The number of amides is 3. The molecule has 2 aliphatic heterocycles. The van der Waals surface area contributed by atoms with Crippen LogP contribution in [-0.2, 0) is 14.3 Å². The first-order chi connectivity index (χ1) is 14.6. The van der Waals surface area contributed by atoms with E-state index >= 15 is 0 Å². The zero-order chi connectivity index (χ0) is 20.8. The first-order valence-electron chi connectivity index (χ1n) is 10.2. The number of rotatable bonds is 3. The van der Waals surface area contributed by atoms with E-state index in [-0.39, 0.29) is 24.5 Å². The molecule has 2 saturated heterocycles. The molecule has 0 N–H and O–H groups in total. The predicted molar refractivity (Wildman–Crippen MR) is 110 cm³/mol. The number of anilines is 1. The highest BCUT2D eigenvalue weighted by atomic mass is 16.6. The molecule has 152 valence electrons. The highest BCUT2D eigenvalue weighted by molar-refractivity contribution is 6.22. The van der Waals surface area contributed by atoms with Crippen molar-refractivity contribution in [2.75, 3.05) is 11.5 Å². The first-order valence-corrected chi connectivity index (χ1v) is 10.2. The minimum Gasteiger partial charge on any atom is -0.447 e. The molecule has 1 aliphatic carbocycles. The molecule has 0 spiro atoms. The van der Waals surface area contributed by atoms with Gasteiger partial charge in [-0.25, -0.2) is 9.69 Å². The van der Waals surface area contributed by atoms with Crippen molar-refractivity contribution in [2.24, 2.45) is 11.8 Å². The van der Waals surface area contributed by atoms with Gasteiger partial charge < -0.3 is 4.74 Å². The Kier molecular flexibility index (Phi) is 4.42. The van der Waals surface area contributed by atoms with Crippen LogP contribution in [0.4, 0.5) is 10.5 Å². The molecule has 6 heteroatoms. The molecule has 5 rings (SSSR count). The van der Waals surface area contributed by atoms with Crippen LogP contribution >= 0.6 is 0 Å². The smallest absolute Gasteiger partial charge is 0.411 e. The number of carbonyl (C=O) groups excluding carboxylic acids is 3. The lowest BCUT2D eigenvalue weighted by molar-refractivity contribution is -0.122. The number of nitrogens with zero attached hydrogens (tertiary/aromatic N) is 2. The molecule has 4 atom stereocenters. The maximum Gasteiger partial charge on any atom is 0.411 e. The average molecular weight is 402 g/mol. The van der Waals surface area contributed by atoms with Gasteiger partial charge in [0.1, 0.15) is 6.61 Å². The van der Waals surface area contributed by atoms with Crippen molar-refractivity contribution in [3.63, 3.8) is 0 Å². The Hall–Kier alpha value is -3.41. The molecule has 2 aromatic rings. The van der Waals surface area contributed by atoms with Crippen molar-refractivity contribution < 1.29 is 19.1 Å². The van der Waals surface area contributed by atoms with Crippen molar-refractivity contribution in [2.45, 2.75) is 25.4 Å². The van der Waals surface area contributed by atoms with Gasteiger partial charge in [-0.15, -0.1) is 0 Å². The number of allylic oxidation sites excluding steroid dienone is 1. The van der Waals surface area contributed by atoms with Crippen molar-refractivity contribution in [1.82, 2.24) is 4.90 Å². The fourth-order valence-electron chi connectivity index (χ4n) is 4.94. The lowest BCUT2D eigenvalue weighted by atomic mass is 9.77. The van der Waals surface area contributed by atoms with E-state index in [9.17, 15) is 14.4 Å². The van der Waals surface area contributed by atoms with E-state index in [1.54, 1.807) is 17.0 Å². The van der Waals surface area contributed by atoms with E-state index in [0.717, 1.165) is 11.1 Å². The van der Waals surface area contributed by atoms with Gasteiger partial charge in [0.2, 0.25) is 11.8 Å². The van der Waals surface area contributed by atoms with Gasteiger partial charge in [0.15, 0.2) is 0 Å². The predicted octanol–water partition coefficient (Wildman–Crippen LogP) is 3.70. The lowest BCUT2D eigenvalue weighted by Gasteiger charge is -2.36. The molecule has 0 saturated carbocycles. The quantitative estimate of drug-likeness (QED) is 0.580. The fourth-order valence-corrected chi connectivity index (χ4v) is 4.94. The molecule has 0 aromatic heterocycles. The van der Waals surface area contributed by atoms with Crippen LogP contribution < -0.4 is 4.90 Å². The Morgan fingerprint density at radius 1 is 0.900 bits per heavy atom. The van der Waals surface area contributed by atoms with Gasteiger partial charge in [-0.2, -0.15) is 0 Å². The molecular formula is C24H22N2O4.